The van der Waals surface area contributed by atoms with Crippen molar-refractivity contribution in [1.29, 1.82) is 0 Å². The number of methoxy groups -OCH3 is 1. The Morgan fingerprint density at radius 3 is 2.03 bits per heavy atom. The van der Waals surface area contributed by atoms with E-state index in [2.05, 4.69) is 10.2 Å². The van der Waals surface area contributed by atoms with Crippen LogP contribution in [0.25, 0.3) is 22.5 Å². The van der Waals surface area contributed by atoms with E-state index < -0.39 is 0 Å². The molecule has 0 aliphatic heterocycles. The minimum atomic E-state index is -0.0246. The number of nitrogens with zero attached hydrogens (tertiary/aromatic N) is 4. The maximum Gasteiger partial charge on any atom is 0.159 e. The summed E-state index contributed by atoms with van der Waals surface area (Å²) in [5, 5.41) is 17.9. The van der Waals surface area contributed by atoms with E-state index in [1.165, 1.54) is 13.0 Å². The van der Waals surface area contributed by atoms with E-state index in [0.29, 0.717) is 11.1 Å². The van der Waals surface area contributed by atoms with Gasteiger partial charge < -0.3 is 9.84 Å². The fourth-order valence-corrected chi connectivity index (χ4v) is 3.09. The summed E-state index contributed by atoms with van der Waals surface area (Å²) in [6.07, 6.45) is 3.43. The number of aromatic nitrogens is 4. The van der Waals surface area contributed by atoms with Gasteiger partial charge >= 0.3 is 0 Å². The number of benzene rings is 2. The molecule has 7 heteroatoms. The first-order valence-corrected chi connectivity index (χ1v) is 9.36. The zero-order valence-corrected chi connectivity index (χ0v) is 17.4. The van der Waals surface area contributed by atoms with Crippen LogP contribution in [0, 0.1) is 0 Å². The lowest BCUT2D eigenvalue weighted by Gasteiger charge is -2.07. The number of Topliss-reactive ketones (excluding diaryl/α,β-unsaturated/α-hetero) is 1. The monoisotopic (exact) mass is 404 g/mol. The molecule has 0 spiro atoms. The van der Waals surface area contributed by atoms with Gasteiger partial charge in [0, 0.05) is 43.2 Å². The van der Waals surface area contributed by atoms with E-state index in [-0.39, 0.29) is 11.5 Å². The molecular formula is C23H24N4O3. The summed E-state index contributed by atoms with van der Waals surface area (Å²) in [4.78, 5) is 11.3. The van der Waals surface area contributed by atoms with Crippen molar-refractivity contribution in [2.45, 2.75) is 6.92 Å². The van der Waals surface area contributed by atoms with Gasteiger partial charge in [0.25, 0.3) is 0 Å². The third-order valence-electron chi connectivity index (χ3n) is 4.70. The lowest BCUT2D eigenvalue weighted by atomic mass is 10.0. The molecule has 154 valence electrons. The van der Waals surface area contributed by atoms with Crippen LogP contribution in [-0.2, 0) is 14.1 Å². The second-order valence-electron chi connectivity index (χ2n) is 6.67. The van der Waals surface area contributed by atoms with Crippen molar-refractivity contribution in [3.05, 3.63) is 72.6 Å². The molecular weight excluding hydrogens is 380 g/mol. The molecule has 0 saturated heterocycles. The number of aryl methyl sites for hydroxylation is 2. The SMILES string of the molecule is CC(=O)c1ccc(O)c(-c2ccnn2C)c1.COc1ccccc1-c1ccnn1C. The van der Waals surface area contributed by atoms with Gasteiger partial charge in [-0.2, -0.15) is 10.2 Å². The minimum Gasteiger partial charge on any atom is -0.507 e. The highest BCUT2D eigenvalue weighted by atomic mass is 16.5. The van der Waals surface area contributed by atoms with E-state index in [4.69, 9.17) is 4.74 Å². The first-order chi connectivity index (χ1) is 14.4. The average molecular weight is 404 g/mol. The third kappa shape index (κ3) is 4.41. The van der Waals surface area contributed by atoms with E-state index >= 15 is 0 Å². The molecule has 4 aromatic rings. The fraction of sp³-hybridized carbons (Fsp3) is 0.174. The predicted octanol–water partition coefficient (Wildman–Crippen LogP) is 4.09. The van der Waals surface area contributed by atoms with Gasteiger partial charge in [0.15, 0.2) is 5.78 Å². The standard InChI is InChI=1S/C12H12N2O2.C11H12N2O/c1-8(15)9-3-4-12(16)10(7-9)11-5-6-13-14(11)2;1-13-10(7-8-12-13)9-5-3-4-6-11(9)14-2/h3-7,16H,1-2H3;3-8H,1-2H3. The van der Waals surface area contributed by atoms with Gasteiger partial charge in [0.05, 0.1) is 18.5 Å². The molecule has 2 aromatic carbocycles. The number of carbonyl (C=O) groups is 1. The molecule has 2 heterocycles. The molecule has 1 N–H and O–H groups in total. The van der Waals surface area contributed by atoms with Crippen LogP contribution in [-0.4, -0.2) is 37.6 Å². The first-order valence-electron chi connectivity index (χ1n) is 9.36. The first kappa shape index (κ1) is 20.9. The number of ketones is 1. The van der Waals surface area contributed by atoms with Crippen LogP contribution in [0.2, 0.25) is 0 Å². The largest absolute Gasteiger partial charge is 0.507 e. The maximum absolute atomic E-state index is 11.3. The van der Waals surface area contributed by atoms with Crippen LogP contribution in [0.1, 0.15) is 17.3 Å². The number of ether oxygens (including phenoxy) is 1. The van der Waals surface area contributed by atoms with Crippen LogP contribution in [0.15, 0.2) is 67.0 Å². The summed E-state index contributed by atoms with van der Waals surface area (Å²) < 4.78 is 8.77. The molecule has 0 saturated carbocycles. The Morgan fingerprint density at radius 1 is 0.900 bits per heavy atom. The number of para-hydroxylation sites is 1. The zero-order chi connectivity index (χ0) is 21.7. The van der Waals surface area contributed by atoms with Crippen molar-refractivity contribution in [3.63, 3.8) is 0 Å². The molecule has 2 aromatic heterocycles. The Morgan fingerprint density at radius 2 is 1.50 bits per heavy atom. The van der Waals surface area contributed by atoms with Crippen LogP contribution in [0.4, 0.5) is 0 Å². The lowest BCUT2D eigenvalue weighted by Crippen LogP contribution is -1.96. The zero-order valence-electron chi connectivity index (χ0n) is 17.4. The molecule has 0 amide bonds. The van der Waals surface area contributed by atoms with Gasteiger partial charge in [-0.25, -0.2) is 0 Å². The third-order valence-corrected chi connectivity index (χ3v) is 4.70. The quantitative estimate of drug-likeness (QED) is 0.518. The average Bonchev–Trinajstić information content (AvgIpc) is 3.36. The second-order valence-corrected chi connectivity index (χ2v) is 6.67. The Bertz CT molecular complexity index is 1160. The lowest BCUT2D eigenvalue weighted by molar-refractivity contribution is 0.101. The van der Waals surface area contributed by atoms with Crippen molar-refractivity contribution >= 4 is 5.78 Å². The summed E-state index contributed by atoms with van der Waals surface area (Å²) in [6, 6.07) is 16.5. The highest BCUT2D eigenvalue weighted by Gasteiger charge is 2.10. The maximum atomic E-state index is 11.3. The number of phenolic OH excluding ortho intramolecular Hbond substituents is 1. The summed E-state index contributed by atoms with van der Waals surface area (Å²) in [5.74, 6) is 0.994. The molecule has 0 radical (unpaired) electrons. The molecule has 0 bridgehead atoms. The van der Waals surface area contributed by atoms with Gasteiger partial charge in [-0.05, 0) is 49.4 Å². The van der Waals surface area contributed by atoms with Crippen molar-refractivity contribution in [3.8, 4) is 34.0 Å². The van der Waals surface area contributed by atoms with Gasteiger partial charge in [-0.1, -0.05) is 12.1 Å². The van der Waals surface area contributed by atoms with E-state index in [1.54, 1.807) is 49.4 Å². The number of hydrogen-bond donors (Lipinski definition) is 1. The van der Waals surface area contributed by atoms with Crippen LogP contribution >= 0.6 is 0 Å². The molecule has 7 nitrogen and oxygen atoms in total. The Labute approximate surface area is 175 Å². The van der Waals surface area contributed by atoms with Gasteiger partial charge in [0.2, 0.25) is 0 Å². The smallest absolute Gasteiger partial charge is 0.159 e. The molecule has 0 unspecified atom stereocenters. The van der Waals surface area contributed by atoms with Crippen LogP contribution in [0.3, 0.4) is 0 Å². The minimum absolute atomic E-state index is 0.0246. The van der Waals surface area contributed by atoms with E-state index in [0.717, 1.165) is 22.7 Å². The predicted molar refractivity (Wildman–Crippen MR) is 116 cm³/mol. The fourth-order valence-electron chi connectivity index (χ4n) is 3.09. The van der Waals surface area contributed by atoms with E-state index in [1.807, 2.05) is 42.1 Å². The van der Waals surface area contributed by atoms with Crippen LogP contribution in [0.5, 0.6) is 11.5 Å². The molecule has 0 atom stereocenters. The number of carbonyl (C=O) groups excluding carboxylic acids is 1. The highest BCUT2D eigenvalue weighted by Crippen LogP contribution is 2.30. The molecule has 4 rings (SSSR count). The number of aromatic hydroxyl groups is 1. The molecule has 0 fully saturated rings. The summed E-state index contributed by atoms with van der Waals surface area (Å²) >= 11 is 0. The number of rotatable bonds is 4. The Hall–Kier alpha value is -3.87. The summed E-state index contributed by atoms with van der Waals surface area (Å²) in [7, 11) is 5.38. The molecule has 30 heavy (non-hydrogen) atoms. The van der Waals surface area contributed by atoms with Gasteiger partial charge in [0.1, 0.15) is 11.5 Å². The van der Waals surface area contributed by atoms with Gasteiger partial charge in [-0.15, -0.1) is 0 Å². The van der Waals surface area contributed by atoms with Crippen molar-refractivity contribution in [2.75, 3.05) is 7.11 Å². The topological polar surface area (TPSA) is 82.2 Å². The summed E-state index contributed by atoms with van der Waals surface area (Å²) in [5.41, 5.74) is 4.10. The Balaban J connectivity index is 0.000000172. The summed E-state index contributed by atoms with van der Waals surface area (Å²) in [6.45, 7) is 1.50. The molecule has 0 aliphatic carbocycles. The van der Waals surface area contributed by atoms with Crippen molar-refractivity contribution < 1.29 is 14.6 Å². The normalized spacial score (nSPS) is 10.3. The van der Waals surface area contributed by atoms with Gasteiger partial charge in [-0.3, -0.25) is 14.2 Å². The van der Waals surface area contributed by atoms with Crippen molar-refractivity contribution in [2.24, 2.45) is 14.1 Å². The second kappa shape index (κ2) is 9.09. The molecule has 0 aliphatic rings. The van der Waals surface area contributed by atoms with E-state index in [9.17, 15) is 9.90 Å². The van der Waals surface area contributed by atoms with Crippen LogP contribution < -0.4 is 4.74 Å². The number of phenols is 1. The Kier molecular flexibility index (Phi) is 6.32. The highest BCUT2D eigenvalue weighted by molar-refractivity contribution is 5.95. The number of hydrogen-bond acceptors (Lipinski definition) is 5. The van der Waals surface area contributed by atoms with Crippen molar-refractivity contribution in [1.82, 2.24) is 19.6 Å².